The Hall–Kier alpha value is -1.14. The van der Waals surface area contributed by atoms with Gasteiger partial charge in [-0.1, -0.05) is 0 Å². The van der Waals surface area contributed by atoms with Gasteiger partial charge in [-0.05, 0) is 26.1 Å². The fraction of sp³-hybridized carbons (Fsp3) is 0.444. The number of rotatable bonds is 5. The zero-order valence-corrected chi connectivity index (χ0v) is 9.63. The average molecular weight is 229 g/mol. The summed E-state index contributed by atoms with van der Waals surface area (Å²) < 4.78 is 25.6. The van der Waals surface area contributed by atoms with Crippen molar-refractivity contribution in [1.82, 2.24) is 10.3 Å². The van der Waals surface area contributed by atoms with Gasteiger partial charge >= 0.3 is 0 Å². The molecule has 5 nitrogen and oxygen atoms in total. The molecule has 6 heteroatoms. The van der Waals surface area contributed by atoms with Gasteiger partial charge in [-0.15, -0.1) is 0 Å². The second-order valence-electron chi connectivity index (χ2n) is 3.16. The summed E-state index contributed by atoms with van der Waals surface area (Å²) in [6.07, 6.45) is 1.63. The minimum absolute atomic E-state index is 0.0534. The lowest BCUT2D eigenvalue weighted by atomic mass is 10.3. The van der Waals surface area contributed by atoms with Gasteiger partial charge in [-0.3, -0.25) is 9.71 Å². The highest BCUT2D eigenvalue weighted by Crippen LogP contribution is 2.12. The summed E-state index contributed by atoms with van der Waals surface area (Å²) >= 11 is 0. The fourth-order valence-corrected chi connectivity index (χ4v) is 2.17. The first-order chi connectivity index (χ1) is 7.05. The molecule has 0 bridgehead atoms. The first kappa shape index (κ1) is 11.9. The van der Waals surface area contributed by atoms with Gasteiger partial charge in [-0.25, -0.2) is 8.42 Å². The van der Waals surface area contributed by atoms with Gasteiger partial charge < -0.3 is 5.32 Å². The van der Waals surface area contributed by atoms with E-state index in [2.05, 4.69) is 15.0 Å². The zero-order valence-electron chi connectivity index (χ0n) is 8.82. The van der Waals surface area contributed by atoms with Crippen LogP contribution in [0.4, 0.5) is 5.69 Å². The van der Waals surface area contributed by atoms with Crippen molar-refractivity contribution in [3.63, 3.8) is 0 Å². The Morgan fingerprint density at radius 1 is 1.47 bits per heavy atom. The number of aromatic nitrogens is 1. The highest BCUT2D eigenvalue weighted by atomic mass is 32.2. The maximum atomic E-state index is 11.5. The number of anilines is 1. The molecule has 1 aromatic heterocycles. The Balaban J connectivity index is 2.74. The molecule has 0 aliphatic heterocycles. The van der Waals surface area contributed by atoms with Crippen molar-refractivity contribution >= 4 is 15.7 Å². The van der Waals surface area contributed by atoms with E-state index >= 15 is 0 Å². The molecule has 0 radical (unpaired) electrons. The third-order valence-electron chi connectivity index (χ3n) is 1.89. The second-order valence-corrected chi connectivity index (χ2v) is 5.00. The van der Waals surface area contributed by atoms with E-state index in [1.54, 1.807) is 32.3 Å². The minimum Gasteiger partial charge on any atom is -0.319 e. The number of pyridine rings is 1. The molecular formula is C9H15N3O2S. The Morgan fingerprint density at radius 2 is 2.20 bits per heavy atom. The van der Waals surface area contributed by atoms with Gasteiger partial charge in [0, 0.05) is 12.7 Å². The fourth-order valence-electron chi connectivity index (χ4n) is 1.05. The highest BCUT2D eigenvalue weighted by Gasteiger charge is 2.10. The quantitative estimate of drug-likeness (QED) is 0.764. The van der Waals surface area contributed by atoms with Crippen molar-refractivity contribution in [2.45, 2.75) is 6.92 Å². The van der Waals surface area contributed by atoms with Crippen LogP contribution in [0.3, 0.4) is 0 Å². The summed E-state index contributed by atoms with van der Waals surface area (Å²) in [4.78, 5) is 4.00. The molecular weight excluding hydrogens is 214 g/mol. The third kappa shape index (κ3) is 3.85. The molecule has 0 saturated carbocycles. The SMILES string of the molecule is CNCCS(=O)(=O)Nc1cccnc1C. The largest absolute Gasteiger partial charge is 0.319 e. The van der Waals surface area contributed by atoms with E-state index < -0.39 is 10.0 Å². The van der Waals surface area contributed by atoms with Crippen LogP contribution in [0, 0.1) is 6.92 Å². The van der Waals surface area contributed by atoms with Crippen molar-refractivity contribution in [1.29, 1.82) is 0 Å². The molecule has 0 fully saturated rings. The molecule has 0 spiro atoms. The van der Waals surface area contributed by atoms with Crippen LogP contribution in [0.15, 0.2) is 18.3 Å². The molecule has 1 rings (SSSR count). The summed E-state index contributed by atoms with van der Waals surface area (Å²) in [5, 5.41) is 2.79. The van der Waals surface area contributed by atoms with Gasteiger partial charge in [0.25, 0.3) is 0 Å². The van der Waals surface area contributed by atoms with Crippen LogP contribution in [0.5, 0.6) is 0 Å². The smallest absolute Gasteiger partial charge is 0.234 e. The van der Waals surface area contributed by atoms with Crippen molar-refractivity contribution in [3.8, 4) is 0 Å². The number of nitrogens with one attached hydrogen (secondary N) is 2. The predicted octanol–water partition coefficient (Wildman–Crippen LogP) is 0.351. The molecule has 0 amide bonds. The van der Waals surface area contributed by atoms with Gasteiger partial charge in [0.1, 0.15) is 0 Å². The normalized spacial score (nSPS) is 11.3. The van der Waals surface area contributed by atoms with Crippen LogP contribution < -0.4 is 10.0 Å². The monoisotopic (exact) mass is 229 g/mol. The van der Waals surface area contributed by atoms with Gasteiger partial charge in [0.05, 0.1) is 17.1 Å². The summed E-state index contributed by atoms with van der Waals surface area (Å²) in [5.74, 6) is 0.0534. The van der Waals surface area contributed by atoms with Crippen LogP contribution in [0.1, 0.15) is 5.69 Å². The maximum Gasteiger partial charge on any atom is 0.234 e. The minimum atomic E-state index is -3.27. The first-order valence-corrected chi connectivity index (χ1v) is 6.27. The second kappa shape index (κ2) is 5.09. The highest BCUT2D eigenvalue weighted by molar-refractivity contribution is 7.92. The van der Waals surface area contributed by atoms with Crippen molar-refractivity contribution < 1.29 is 8.42 Å². The summed E-state index contributed by atoms with van der Waals surface area (Å²) in [5.41, 5.74) is 1.21. The molecule has 0 aromatic carbocycles. The number of hydrogen-bond acceptors (Lipinski definition) is 4. The van der Waals surface area contributed by atoms with E-state index in [0.717, 1.165) is 0 Å². The molecule has 1 heterocycles. The molecule has 0 unspecified atom stereocenters. The molecule has 1 aromatic rings. The zero-order chi connectivity index (χ0) is 11.3. The maximum absolute atomic E-state index is 11.5. The lowest BCUT2D eigenvalue weighted by molar-refractivity contribution is 0.598. The Kier molecular flexibility index (Phi) is 4.05. The van der Waals surface area contributed by atoms with Crippen molar-refractivity contribution in [2.24, 2.45) is 0 Å². The van der Waals surface area contributed by atoms with Gasteiger partial charge in [-0.2, -0.15) is 0 Å². The van der Waals surface area contributed by atoms with Crippen molar-refractivity contribution in [2.75, 3.05) is 24.1 Å². The molecule has 0 atom stereocenters. The lowest BCUT2D eigenvalue weighted by Gasteiger charge is -2.09. The molecule has 0 aliphatic carbocycles. The Labute approximate surface area is 90.0 Å². The summed E-state index contributed by atoms with van der Waals surface area (Å²) in [6, 6.07) is 3.39. The molecule has 0 saturated heterocycles. The van der Waals surface area contributed by atoms with Crippen molar-refractivity contribution in [3.05, 3.63) is 24.0 Å². The average Bonchev–Trinajstić information content (AvgIpc) is 2.18. The van der Waals surface area contributed by atoms with E-state index in [-0.39, 0.29) is 5.75 Å². The van der Waals surface area contributed by atoms with E-state index in [9.17, 15) is 8.42 Å². The van der Waals surface area contributed by atoms with E-state index in [0.29, 0.717) is 17.9 Å². The molecule has 0 aliphatic rings. The number of aryl methyl sites for hydroxylation is 1. The predicted molar refractivity (Wildman–Crippen MR) is 60.3 cm³/mol. The lowest BCUT2D eigenvalue weighted by Crippen LogP contribution is -2.24. The molecule has 15 heavy (non-hydrogen) atoms. The van der Waals surface area contributed by atoms with Crippen LogP contribution in [0.2, 0.25) is 0 Å². The van der Waals surface area contributed by atoms with E-state index in [4.69, 9.17) is 0 Å². The van der Waals surface area contributed by atoms with Crippen LogP contribution in [-0.2, 0) is 10.0 Å². The molecule has 2 N–H and O–H groups in total. The Bertz CT molecular complexity index is 417. The van der Waals surface area contributed by atoms with Gasteiger partial charge in [0.15, 0.2) is 0 Å². The summed E-state index contributed by atoms with van der Waals surface area (Å²) in [6.45, 7) is 2.19. The van der Waals surface area contributed by atoms with Crippen LogP contribution in [0.25, 0.3) is 0 Å². The molecule has 84 valence electrons. The van der Waals surface area contributed by atoms with Gasteiger partial charge in [0.2, 0.25) is 10.0 Å². The number of nitrogens with zero attached hydrogens (tertiary/aromatic N) is 1. The Morgan fingerprint density at radius 3 is 2.80 bits per heavy atom. The number of hydrogen-bond donors (Lipinski definition) is 2. The number of sulfonamides is 1. The third-order valence-corrected chi connectivity index (χ3v) is 3.17. The van der Waals surface area contributed by atoms with E-state index in [1.807, 2.05) is 0 Å². The van der Waals surface area contributed by atoms with Crippen LogP contribution in [-0.4, -0.2) is 32.7 Å². The topological polar surface area (TPSA) is 71.1 Å². The first-order valence-electron chi connectivity index (χ1n) is 4.62. The standard InChI is InChI=1S/C9H15N3O2S/c1-8-9(4-3-5-11-8)12-15(13,14)7-6-10-2/h3-5,10,12H,6-7H2,1-2H3. The van der Waals surface area contributed by atoms with Crippen LogP contribution >= 0.6 is 0 Å². The summed E-state index contributed by atoms with van der Waals surface area (Å²) in [7, 11) is -1.56. The van der Waals surface area contributed by atoms with E-state index in [1.165, 1.54) is 0 Å².